The van der Waals surface area contributed by atoms with Crippen molar-refractivity contribution in [3.05, 3.63) is 29.3 Å². The summed E-state index contributed by atoms with van der Waals surface area (Å²) in [5.41, 5.74) is -0.330. The second kappa shape index (κ2) is 9.38. The summed E-state index contributed by atoms with van der Waals surface area (Å²) < 4.78 is 35.8. The topological polar surface area (TPSA) is 66.9 Å². The van der Waals surface area contributed by atoms with Crippen LogP contribution in [0.4, 0.5) is 0 Å². The van der Waals surface area contributed by atoms with E-state index in [0.717, 1.165) is 51.4 Å². The molecule has 0 bridgehead atoms. The van der Waals surface area contributed by atoms with E-state index in [1.54, 1.807) is 28.6 Å². The van der Waals surface area contributed by atoms with E-state index in [2.05, 4.69) is 18.7 Å². The Balaban J connectivity index is 1.43. The molecule has 3 unspecified atom stereocenters. The van der Waals surface area contributed by atoms with Gasteiger partial charge in [0, 0.05) is 23.5 Å². The Morgan fingerprint density at radius 1 is 1.12 bits per heavy atom. The molecule has 0 N–H and O–H groups in total. The van der Waals surface area contributed by atoms with Gasteiger partial charge in [-0.2, -0.15) is 4.31 Å². The zero-order chi connectivity index (χ0) is 24.1. The fourth-order valence-electron chi connectivity index (χ4n) is 6.34. The summed E-state index contributed by atoms with van der Waals surface area (Å²) in [5, 5.41) is 0.516. The van der Waals surface area contributed by atoms with Gasteiger partial charge in [0.05, 0.1) is 30.2 Å². The number of hydrogen-bond donors (Lipinski definition) is 0. The van der Waals surface area contributed by atoms with E-state index >= 15 is 0 Å². The number of ether oxygens (including phenoxy) is 1. The molecular weight excluding hydrogens is 472 g/mol. The summed E-state index contributed by atoms with van der Waals surface area (Å²) in [6, 6.07) is 6.57. The van der Waals surface area contributed by atoms with E-state index in [9.17, 15) is 13.2 Å². The number of carbonyl (C=O) groups is 1. The Morgan fingerprint density at radius 2 is 1.82 bits per heavy atom. The lowest BCUT2D eigenvalue weighted by Gasteiger charge is -2.45. The predicted octanol–water partition coefficient (Wildman–Crippen LogP) is 4.86. The summed E-state index contributed by atoms with van der Waals surface area (Å²) in [4.78, 5) is 16.0. The van der Waals surface area contributed by atoms with Crippen LogP contribution in [-0.4, -0.2) is 60.9 Å². The number of amides is 1. The summed E-state index contributed by atoms with van der Waals surface area (Å²) >= 11 is 6.04. The van der Waals surface area contributed by atoms with Gasteiger partial charge in [-0.05, 0) is 87.5 Å². The van der Waals surface area contributed by atoms with Gasteiger partial charge in [-0.3, -0.25) is 4.79 Å². The number of nitrogens with zero attached hydrogens (tertiary/aromatic N) is 2. The molecule has 4 aliphatic rings. The monoisotopic (exact) mass is 508 g/mol. The number of sulfonamides is 1. The number of rotatable bonds is 8. The maximum absolute atomic E-state index is 14.0. The van der Waals surface area contributed by atoms with Crippen LogP contribution >= 0.6 is 11.6 Å². The highest BCUT2D eigenvalue weighted by molar-refractivity contribution is 7.89. The molecule has 34 heavy (non-hydrogen) atoms. The molecule has 0 aromatic heterocycles. The van der Waals surface area contributed by atoms with Gasteiger partial charge >= 0.3 is 0 Å². The molecule has 1 amide bonds. The van der Waals surface area contributed by atoms with Gasteiger partial charge in [0.25, 0.3) is 0 Å². The van der Waals surface area contributed by atoms with Gasteiger partial charge in [-0.25, -0.2) is 8.42 Å². The fraction of sp³-hybridized carbons (Fsp3) is 0.731. The van der Waals surface area contributed by atoms with Crippen molar-refractivity contribution in [2.75, 3.05) is 13.2 Å². The molecule has 2 saturated heterocycles. The van der Waals surface area contributed by atoms with E-state index in [1.165, 1.54) is 0 Å². The van der Waals surface area contributed by atoms with Crippen LogP contribution in [0.15, 0.2) is 29.2 Å². The number of morpholine rings is 1. The van der Waals surface area contributed by atoms with Gasteiger partial charge in [-0.1, -0.05) is 24.9 Å². The molecule has 5 rings (SSSR count). The first-order chi connectivity index (χ1) is 16.3. The minimum absolute atomic E-state index is 0.162. The van der Waals surface area contributed by atoms with E-state index in [1.807, 2.05) is 0 Å². The lowest BCUT2D eigenvalue weighted by Crippen LogP contribution is -2.59. The van der Waals surface area contributed by atoms with Crippen molar-refractivity contribution in [3.63, 3.8) is 0 Å². The molecule has 1 aromatic carbocycles. The third-order valence-corrected chi connectivity index (χ3v) is 10.8. The van der Waals surface area contributed by atoms with Gasteiger partial charge < -0.3 is 9.64 Å². The van der Waals surface area contributed by atoms with Crippen molar-refractivity contribution in [2.24, 2.45) is 11.3 Å². The summed E-state index contributed by atoms with van der Waals surface area (Å²) in [5.74, 6) is 0.530. The van der Waals surface area contributed by atoms with Gasteiger partial charge in [0.15, 0.2) is 0 Å². The SMILES string of the molecule is CCCC1CCC(C)N1C(=O)CC1([C@H]2COCC(C3CC3)N2S(=O)(=O)c2ccc(Cl)cc2)CC1. The van der Waals surface area contributed by atoms with E-state index in [0.29, 0.717) is 36.6 Å². The van der Waals surface area contributed by atoms with Crippen LogP contribution in [0.1, 0.15) is 71.6 Å². The maximum Gasteiger partial charge on any atom is 0.243 e. The second-order valence-corrected chi connectivity index (χ2v) is 13.2. The van der Waals surface area contributed by atoms with Crippen LogP contribution in [-0.2, 0) is 19.6 Å². The number of benzene rings is 1. The highest BCUT2D eigenvalue weighted by Gasteiger charge is 2.59. The third kappa shape index (κ3) is 4.54. The molecule has 0 radical (unpaired) electrons. The summed E-state index contributed by atoms with van der Waals surface area (Å²) in [6.45, 7) is 5.11. The van der Waals surface area contributed by atoms with Crippen LogP contribution in [0.5, 0.6) is 0 Å². The predicted molar refractivity (Wildman–Crippen MR) is 132 cm³/mol. The smallest absolute Gasteiger partial charge is 0.243 e. The fourth-order valence-corrected chi connectivity index (χ4v) is 8.40. The van der Waals surface area contributed by atoms with Crippen molar-refractivity contribution in [3.8, 4) is 0 Å². The molecule has 6 nitrogen and oxygen atoms in total. The highest BCUT2D eigenvalue weighted by Crippen LogP contribution is 2.57. The Labute approximate surface area is 209 Å². The van der Waals surface area contributed by atoms with Crippen LogP contribution in [0, 0.1) is 11.3 Å². The largest absolute Gasteiger partial charge is 0.378 e. The zero-order valence-electron chi connectivity index (χ0n) is 20.3. The molecule has 2 aliphatic carbocycles. The average molecular weight is 509 g/mol. The minimum Gasteiger partial charge on any atom is -0.378 e. The van der Waals surface area contributed by atoms with Crippen molar-refractivity contribution < 1.29 is 17.9 Å². The van der Waals surface area contributed by atoms with E-state index in [4.69, 9.17) is 16.3 Å². The van der Waals surface area contributed by atoms with Crippen LogP contribution < -0.4 is 0 Å². The van der Waals surface area contributed by atoms with Crippen molar-refractivity contribution in [1.82, 2.24) is 9.21 Å². The highest BCUT2D eigenvalue weighted by atomic mass is 35.5. The quantitative estimate of drug-likeness (QED) is 0.503. The molecule has 1 aromatic rings. The molecular formula is C26H37ClN2O4S. The molecule has 4 atom stereocenters. The molecule has 188 valence electrons. The van der Waals surface area contributed by atoms with Crippen molar-refractivity contribution >= 4 is 27.5 Å². The molecule has 2 saturated carbocycles. The van der Waals surface area contributed by atoms with Gasteiger partial charge in [-0.15, -0.1) is 0 Å². The van der Waals surface area contributed by atoms with Gasteiger partial charge in [0.1, 0.15) is 0 Å². The van der Waals surface area contributed by atoms with Gasteiger partial charge in [0.2, 0.25) is 15.9 Å². The first-order valence-electron chi connectivity index (χ1n) is 12.9. The Kier molecular flexibility index (Phi) is 6.77. The molecule has 0 spiro atoms. The Bertz CT molecular complexity index is 1000. The number of halogens is 1. The standard InChI is InChI=1S/C26H37ClN2O4S/c1-3-4-21-10-5-18(2)28(21)25(30)15-26(13-14-26)24-17-33-16-23(19-6-7-19)29(24)34(31,32)22-11-8-20(27)9-12-22/h8-9,11-12,18-19,21,23-24H,3-7,10,13-17H2,1-2H3/t18?,21?,23?,24-/m1/s1. The number of carbonyl (C=O) groups excluding carboxylic acids is 1. The Morgan fingerprint density at radius 3 is 2.44 bits per heavy atom. The van der Waals surface area contributed by atoms with Crippen molar-refractivity contribution in [2.45, 2.75) is 101 Å². The van der Waals surface area contributed by atoms with Crippen LogP contribution in [0.2, 0.25) is 5.02 Å². The second-order valence-electron chi connectivity index (χ2n) is 11.0. The zero-order valence-corrected chi connectivity index (χ0v) is 21.9. The molecule has 4 fully saturated rings. The molecule has 2 heterocycles. The lowest BCUT2D eigenvalue weighted by molar-refractivity contribution is -0.137. The summed E-state index contributed by atoms with van der Waals surface area (Å²) in [6.07, 6.45) is 8.45. The first kappa shape index (κ1) is 24.5. The number of hydrogen-bond acceptors (Lipinski definition) is 4. The van der Waals surface area contributed by atoms with E-state index in [-0.39, 0.29) is 34.3 Å². The summed E-state index contributed by atoms with van der Waals surface area (Å²) in [7, 11) is -3.74. The number of likely N-dealkylation sites (tertiary alicyclic amines) is 1. The van der Waals surface area contributed by atoms with E-state index < -0.39 is 10.0 Å². The Hall–Kier alpha value is -1.15. The minimum atomic E-state index is -3.74. The maximum atomic E-state index is 14.0. The molecule has 2 aliphatic heterocycles. The first-order valence-corrected chi connectivity index (χ1v) is 14.8. The average Bonchev–Trinajstić information content (AvgIpc) is 3.74. The third-order valence-electron chi connectivity index (χ3n) is 8.55. The lowest BCUT2D eigenvalue weighted by atomic mass is 9.89. The van der Waals surface area contributed by atoms with Crippen molar-refractivity contribution in [1.29, 1.82) is 0 Å². The van der Waals surface area contributed by atoms with Crippen LogP contribution in [0.3, 0.4) is 0 Å². The molecule has 8 heteroatoms. The normalized spacial score (nSPS) is 31.6. The van der Waals surface area contributed by atoms with Crippen LogP contribution in [0.25, 0.3) is 0 Å².